The van der Waals surface area contributed by atoms with Crippen molar-refractivity contribution in [3.63, 3.8) is 0 Å². The molecule has 0 aliphatic carbocycles. The number of halogens is 1. The fourth-order valence-electron chi connectivity index (χ4n) is 2.42. The van der Waals surface area contributed by atoms with Crippen molar-refractivity contribution in [3.8, 4) is 5.75 Å². The molecule has 130 valence electrons. The van der Waals surface area contributed by atoms with Crippen LogP contribution >= 0.6 is 15.9 Å². The van der Waals surface area contributed by atoms with Crippen LogP contribution in [0.2, 0.25) is 0 Å². The molecule has 0 saturated carbocycles. The molecule has 2 rings (SSSR count). The Morgan fingerprint density at radius 2 is 2.04 bits per heavy atom. The van der Waals surface area contributed by atoms with E-state index in [1.54, 1.807) is 31.2 Å². The molecule has 0 bridgehead atoms. The highest BCUT2D eigenvalue weighted by Gasteiger charge is 2.37. The summed E-state index contributed by atoms with van der Waals surface area (Å²) in [6.45, 7) is 2.28. The van der Waals surface area contributed by atoms with E-state index in [-0.39, 0.29) is 18.2 Å². The third-order valence-corrected chi connectivity index (χ3v) is 4.20. The van der Waals surface area contributed by atoms with Gasteiger partial charge in [-0.2, -0.15) is 0 Å². The molecule has 1 aromatic rings. The van der Waals surface area contributed by atoms with E-state index in [2.05, 4.69) is 26.0 Å². The SMILES string of the molecule is COC(=O)CC1C(=O)NCCN1C(=O)C(C)Oc1ccc(Br)cc1. The summed E-state index contributed by atoms with van der Waals surface area (Å²) in [6.07, 6.45) is -0.962. The number of ether oxygens (including phenoxy) is 2. The Kier molecular flexibility index (Phi) is 6.19. The van der Waals surface area contributed by atoms with Gasteiger partial charge in [0.15, 0.2) is 6.10 Å². The first-order valence-corrected chi connectivity index (χ1v) is 8.29. The maximum Gasteiger partial charge on any atom is 0.308 e. The highest BCUT2D eigenvalue weighted by molar-refractivity contribution is 9.10. The molecule has 8 heteroatoms. The highest BCUT2D eigenvalue weighted by Crippen LogP contribution is 2.19. The molecule has 1 aliphatic rings. The van der Waals surface area contributed by atoms with Gasteiger partial charge >= 0.3 is 5.97 Å². The quantitative estimate of drug-likeness (QED) is 0.750. The van der Waals surface area contributed by atoms with Gasteiger partial charge in [0.2, 0.25) is 5.91 Å². The predicted octanol–water partition coefficient (Wildman–Crippen LogP) is 1.11. The van der Waals surface area contributed by atoms with Gasteiger partial charge < -0.3 is 19.7 Å². The zero-order valence-corrected chi connectivity index (χ0v) is 15.0. The number of hydrogen-bond acceptors (Lipinski definition) is 5. The minimum atomic E-state index is -0.880. The summed E-state index contributed by atoms with van der Waals surface area (Å²) in [6, 6.07) is 6.21. The van der Waals surface area contributed by atoms with Crippen LogP contribution in [0, 0.1) is 0 Å². The van der Waals surface area contributed by atoms with Crippen LogP contribution in [0.4, 0.5) is 0 Å². The third-order valence-electron chi connectivity index (χ3n) is 3.68. The van der Waals surface area contributed by atoms with Crippen LogP contribution in [0.1, 0.15) is 13.3 Å². The van der Waals surface area contributed by atoms with Gasteiger partial charge in [0.1, 0.15) is 11.8 Å². The van der Waals surface area contributed by atoms with Crippen molar-refractivity contribution < 1.29 is 23.9 Å². The number of hydrogen-bond donors (Lipinski definition) is 1. The lowest BCUT2D eigenvalue weighted by Gasteiger charge is -2.35. The van der Waals surface area contributed by atoms with Crippen molar-refractivity contribution in [1.29, 1.82) is 0 Å². The molecule has 0 spiro atoms. The molecule has 2 amide bonds. The summed E-state index contributed by atoms with van der Waals surface area (Å²) in [7, 11) is 1.24. The maximum atomic E-state index is 12.7. The first kappa shape index (κ1) is 18.3. The fourth-order valence-corrected chi connectivity index (χ4v) is 2.69. The summed E-state index contributed by atoms with van der Waals surface area (Å²) >= 11 is 3.33. The average molecular weight is 399 g/mol. The number of amides is 2. The van der Waals surface area contributed by atoms with Crippen LogP contribution in [0.25, 0.3) is 0 Å². The summed E-state index contributed by atoms with van der Waals surface area (Å²) < 4.78 is 11.1. The Hall–Kier alpha value is -2.09. The Morgan fingerprint density at radius 3 is 2.67 bits per heavy atom. The van der Waals surface area contributed by atoms with E-state index in [1.165, 1.54) is 12.0 Å². The Balaban J connectivity index is 2.07. The second-order valence-electron chi connectivity index (χ2n) is 5.33. The summed E-state index contributed by atoms with van der Waals surface area (Å²) in [5, 5.41) is 2.65. The predicted molar refractivity (Wildman–Crippen MR) is 89.4 cm³/mol. The topological polar surface area (TPSA) is 84.9 Å². The number of carbonyl (C=O) groups excluding carboxylic acids is 3. The Morgan fingerprint density at radius 1 is 1.38 bits per heavy atom. The van der Waals surface area contributed by atoms with Gasteiger partial charge in [0, 0.05) is 17.6 Å². The lowest BCUT2D eigenvalue weighted by molar-refractivity contribution is -0.153. The summed E-state index contributed by atoms with van der Waals surface area (Å²) in [5.74, 6) is -0.709. The van der Waals surface area contributed by atoms with E-state index in [4.69, 9.17) is 4.74 Å². The summed E-state index contributed by atoms with van der Waals surface area (Å²) in [4.78, 5) is 37.6. The standard InChI is InChI=1S/C16H19BrN2O5/c1-10(24-12-5-3-11(17)4-6-12)16(22)19-8-7-18-15(21)13(19)9-14(20)23-2/h3-6,10,13H,7-9H2,1-2H3,(H,18,21). The smallest absolute Gasteiger partial charge is 0.308 e. The number of piperazine rings is 1. The zero-order valence-electron chi connectivity index (χ0n) is 13.5. The van der Waals surface area contributed by atoms with Gasteiger partial charge in [-0.1, -0.05) is 15.9 Å². The molecule has 24 heavy (non-hydrogen) atoms. The summed E-state index contributed by atoms with van der Waals surface area (Å²) in [5.41, 5.74) is 0. The van der Waals surface area contributed by atoms with Crippen LogP contribution in [-0.2, 0) is 19.1 Å². The van der Waals surface area contributed by atoms with E-state index >= 15 is 0 Å². The van der Waals surface area contributed by atoms with Gasteiger partial charge in [0.05, 0.1) is 13.5 Å². The zero-order chi connectivity index (χ0) is 17.7. The molecule has 1 heterocycles. The normalized spacial score (nSPS) is 18.5. The monoisotopic (exact) mass is 398 g/mol. The van der Waals surface area contributed by atoms with Crippen molar-refractivity contribution in [1.82, 2.24) is 10.2 Å². The van der Waals surface area contributed by atoms with Crippen molar-refractivity contribution in [2.24, 2.45) is 0 Å². The van der Waals surface area contributed by atoms with Crippen molar-refractivity contribution in [3.05, 3.63) is 28.7 Å². The lowest BCUT2D eigenvalue weighted by atomic mass is 10.1. The lowest BCUT2D eigenvalue weighted by Crippen LogP contribution is -2.60. The van der Waals surface area contributed by atoms with Crippen molar-refractivity contribution in [2.75, 3.05) is 20.2 Å². The molecule has 1 aliphatic heterocycles. The molecule has 0 aromatic heterocycles. The van der Waals surface area contributed by atoms with Gasteiger partial charge in [-0.05, 0) is 31.2 Å². The number of esters is 1. The molecule has 2 atom stereocenters. The number of nitrogens with one attached hydrogen (secondary N) is 1. The molecule has 1 fully saturated rings. The van der Waals surface area contributed by atoms with E-state index < -0.39 is 18.1 Å². The van der Waals surface area contributed by atoms with E-state index in [0.717, 1.165) is 4.47 Å². The van der Waals surface area contributed by atoms with Gasteiger partial charge in [-0.15, -0.1) is 0 Å². The van der Waals surface area contributed by atoms with Crippen LogP contribution < -0.4 is 10.1 Å². The van der Waals surface area contributed by atoms with Gasteiger partial charge in [-0.25, -0.2) is 0 Å². The molecule has 1 saturated heterocycles. The van der Waals surface area contributed by atoms with Crippen molar-refractivity contribution >= 4 is 33.7 Å². The number of carbonyl (C=O) groups is 3. The average Bonchev–Trinajstić information content (AvgIpc) is 2.57. The molecular formula is C16H19BrN2O5. The van der Waals surface area contributed by atoms with Crippen LogP contribution in [0.5, 0.6) is 5.75 Å². The Bertz CT molecular complexity index is 619. The maximum absolute atomic E-state index is 12.7. The number of benzene rings is 1. The van der Waals surface area contributed by atoms with Crippen LogP contribution in [-0.4, -0.2) is 55.0 Å². The first-order valence-electron chi connectivity index (χ1n) is 7.49. The minimum absolute atomic E-state index is 0.181. The van der Waals surface area contributed by atoms with E-state index in [0.29, 0.717) is 18.8 Å². The van der Waals surface area contributed by atoms with Crippen molar-refractivity contribution in [2.45, 2.75) is 25.5 Å². The largest absolute Gasteiger partial charge is 0.481 e. The number of rotatable bonds is 5. The molecule has 1 aromatic carbocycles. The van der Waals surface area contributed by atoms with Gasteiger partial charge in [0.25, 0.3) is 5.91 Å². The van der Waals surface area contributed by atoms with Crippen LogP contribution in [0.15, 0.2) is 28.7 Å². The highest BCUT2D eigenvalue weighted by atomic mass is 79.9. The molecule has 1 N–H and O–H groups in total. The second-order valence-corrected chi connectivity index (χ2v) is 6.25. The van der Waals surface area contributed by atoms with Gasteiger partial charge in [-0.3, -0.25) is 14.4 Å². The fraction of sp³-hybridized carbons (Fsp3) is 0.438. The molecule has 2 unspecified atom stereocenters. The Labute approximate surface area is 148 Å². The minimum Gasteiger partial charge on any atom is -0.481 e. The van der Waals surface area contributed by atoms with E-state index in [1.807, 2.05) is 0 Å². The third kappa shape index (κ3) is 4.47. The molecule has 7 nitrogen and oxygen atoms in total. The second kappa shape index (κ2) is 8.14. The number of methoxy groups -OCH3 is 1. The molecule has 0 radical (unpaired) electrons. The van der Waals surface area contributed by atoms with Crippen LogP contribution in [0.3, 0.4) is 0 Å². The molecular weight excluding hydrogens is 380 g/mol. The number of nitrogens with zero attached hydrogens (tertiary/aromatic N) is 1. The van der Waals surface area contributed by atoms with E-state index in [9.17, 15) is 14.4 Å². The first-order chi connectivity index (χ1) is 11.4.